The number of guanidine groups is 1. The highest BCUT2D eigenvalue weighted by Crippen LogP contribution is 2.15. The van der Waals surface area contributed by atoms with E-state index < -0.39 is 0 Å². The van der Waals surface area contributed by atoms with Crippen molar-refractivity contribution in [2.24, 2.45) is 4.99 Å². The van der Waals surface area contributed by atoms with Crippen LogP contribution >= 0.6 is 24.0 Å². The van der Waals surface area contributed by atoms with E-state index >= 15 is 0 Å². The van der Waals surface area contributed by atoms with Gasteiger partial charge in [-0.05, 0) is 53.1 Å². The van der Waals surface area contributed by atoms with Crippen LogP contribution in [0.3, 0.4) is 0 Å². The minimum Gasteiger partial charge on any atom is -0.460 e. The number of likely N-dealkylation sites (N-methyl/N-ethyl adjacent to an activating group) is 1. The molecule has 1 unspecified atom stereocenters. The van der Waals surface area contributed by atoms with E-state index in [1.807, 2.05) is 27.8 Å². The van der Waals surface area contributed by atoms with Crippen molar-refractivity contribution in [2.75, 3.05) is 39.8 Å². The molecule has 1 heterocycles. The Labute approximate surface area is 189 Å². The van der Waals surface area contributed by atoms with Crippen LogP contribution in [0, 0.1) is 0 Å². The van der Waals surface area contributed by atoms with Crippen molar-refractivity contribution in [3.05, 3.63) is 0 Å². The maximum Gasteiger partial charge on any atom is 0.306 e. The molecule has 1 fully saturated rings. The third-order valence-electron chi connectivity index (χ3n) is 5.01. The Morgan fingerprint density at radius 2 is 1.82 bits per heavy atom. The van der Waals surface area contributed by atoms with Gasteiger partial charge in [0.15, 0.2) is 5.96 Å². The fourth-order valence-electron chi connectivity index (χ4n) is 3.65. The van der Waals surface area contributed by atoms with Crippen LogP contribution in [0.4, 0.5) is 0 Å². The maximum atomic E-state index is 11.7. The highest BCUT2D eigenvalue weighted by Gasteiger charge is 2.27. The van der Waals surface area contributed by atoms with Crippen molar-refractivity contribution >= 4 is 35.9 Å². The predicted molar refractivity (Wildman–Crippen MR) is 129 cm³/mol. The Hall–Kier alpha value is -0.570. The molecule has 1 rings (SSSR count). The van der Waals surface area contributed by atoms with Crippen molar-refractivity contribution < 1.29 is 9.53 Å². The van der Waals surface area contributed by atoms with Gasteiger partial charge in [0.05, 0.1) is 0 Å². The largest absolute Gasteiger partial charge is 0.460 e. The molecular weight excluding hydrogens is 467 g/mol. The summed E-state index contributed by atoms with van der Waals surface area (Å²) in [4.78, 5) is 21.1. The first-order valence-corrected chi connectivity index (χ1v) is 10.7. The number of hydrogen-bond acceptors (Lipinski definition) is 4. The molecule has 0 bridgehead atoms. The molecule has 0 aromatic heterocycles. The molecule has 0 amide bonds. The van der Waals surface area contributed by atoms with E-state index in [1.54, 1.807) is 0 Å². The van der Waals surface area contributed by atoms with Gasteiger partial charge in [-0.1, -0.05) is 26.7 Å². The Morgan fingerprint density at radius 3 is 2.39 bits per heavy atom. The van der Waals surface area contributed by atoms with Crippen molar-refractivity contribution in [3.8, 4) is 0 Å². The SMILES string of the molecule is CCN(CC)C1CCN(C(=NC)NCCCCCCC(=O)OC(C)(C)C)C1.I. The lowest BCUT2D eigenvalue weighted by Crippen LogP contribution is -2.43. The number of esters is 1. The van der Waals surface area contributed by atoms with Crippen LogP contribution in [0.1, 0.15) is 73.1 Å². The number of likely N-dealkylation sites (tertiary alicyclic amines) is 1. The minimum absolute atomic E-state index is 0. The van der Waals surface area contributed by atoms with Gasteiger partial charge < -0.3 is 15.0 Å². The second kappa shape index (κ2) is 14.4. The molecule has 1 N–H and O–H groups in total. The molecule has 7 heteroatoms. The normalized spacial score (nSPS) is 17.6. The van der Waals surface area contributed by atoms with Crippen molar-refractivity contribution in [1.29, 1.82) is 0 Å². The number of rotatable bonds is 10. The summed E-state index contributed by atoms with van der Waals surface area (Å²) in [5.41, 5.74) is -0.378. The summed E-state index contributed by atoms with van der Waals surface area (Å²) in [6.07, 6.45) is 5.92. The van der Waals surface area contributed by atoms with Crippen LogP contribution in [-0.2, 0) is 9.53 Å². The third-order valence-corrected chi connectivity index (χ3v) is 5.01. The first-order chi connectivity index (χ1) is 12.8. The molecule has 0 aromatic carbocycles. The molecule has 166 valence electrons. The van der Waals surface area contributed by atoms with E-state index in [1.165, 1.54) is 6.42 Å². The Morgan fingerprint density at radius 1 is 1.18 bits per heavy atom. The highest BCUT2D eigenvalue weighted by atomic mass is 127. The first kappa shape index (κ1) is 27.4. The number of nitrogens with one attached hydrogen (secondary N) is 1. The van der Waals surface area contributed by atoms with E-state index in [-0.39, 0.29) is 35.5 Å². The quantitative estimate of drug-likeness (QED) is 0.159. The Kier molecular flexibility index (Phi) is 14.1. The first-order valence-electron chi connectivity index (χ1n) is 10.7. The lowest BCUT2D eigenvalue weighted by molar-refractivity contribution is -0.154. The molecule has 0 aliphatic carbocycles. The molecule has 1 aliphatic heterocycles. The van der Waals surface area contributed by atoms with Crippen LogP contribution in [-0.4, -0.2) is 73.1 Å². The zero-order valence-electron chi connectivity index (χ0n) is 18.9. The van der Waals surface area contributed by atoms with Gasteiger partial charge in [0.1, 0.15) is 5.60 Å². The van der Waals surface area contributed by atoms with Crippen molar-refractivity contribution in [3.63, 3.8) is 0 Å². The van der Waals surface area contributed by atoms with Gasteiger partial charge in [-0.2, -0.15) is 0 Å². The van der Waals surface area contributed by atoms with Crippen molar-refractivity contribution in [2.45, 2.75) is 84.8 Å². The van der Waals surface area contributed by atoms with E-state index in [4.69, 9.17) is 4.74 Å². The molecule has 0 radical (unpaired) electrons. The second-order valence-corrected chi connectivity index (χ2v) is 8.33. The zero-order valence-corrected chi connectivity index (χ0v) is 21.3. The standard InChI is InChI=1S/C21H42N4O2.HI/c1-7-24(8-2)18-14-16-25(17-18)20(22-6)23-15-12-10-9-11-13-19(26)27-21(3,4)5;/h18H,7-17H2,1-6H3,(H,22,23);1H. The lowest BCUT2D eigenvalue weighted by Gasteiger charge is -2.27. The summed E-state index contributed by atoms with van der Waals surface area (Å²) in [5.74, 6) is 0.941. The summed E-state index contributed by atoms with van der Waals surface area (Å²) in [6, 6.07) is 0.645. The second-order valence-electron chi connectivity index (χ2n) is 8.33. The Bertz CT molecular complexity index is 462. The summed E-state index contributed by atoms with van der Waals surface area (Å²) in [7, 11) is 1.87. The molecule has 6 nitrogen and oxygen atoms in total. The Balaban J connectivity index is 0.00000729. The van der Waals surface area contributed by atoms with Crippen molar-refractivity contribution in [1.82, 2.24) is 15.1 Å². The molecule has 1 aliphatic rings. The zero-order chi connectivity index (χ0) is 20.3. The highest BCUT2D eigenvalue weighted by molar-refractivity contribution is 14.0. The monoisotopic (exact) mass is 510 g/mol. The van der Waals surface area contributed by atoms with E-state index in [0.29, 0.717) is 12.5 Å². The lowest BCUT2D eigenvalue weighted by atomic mass is 10.1. The molecule has 1 saturated heterocycles. The number of halogens is 1. The molecule has 28 heavy (non-hydrogen) atoms. The smallest absolute Gasteiger partial charge is 0.306 e. The van der Waals surface area contributed by atoms with Gasteiger partial charge in [0, 0.05) is 39.1 Å². The summed E-state index contributed by atoms with van der Waals surface area (Å²) in [5, 5.41) is 3.50. The average Bonchev–Trinajstić information content (AvgIpc) is 3.06. The number of carbonyl (C=O) groups excluding carboxylic acids is 1. The van der Waals surface area contributed by atoms with Gasteiger partial charge in [0.2, 0.25) is 0 Å². The van der Waals surface area contributed by atoms with Crippen LogP contribution in [0.2, 0.25) is 0 Å². The molecule has 0 spiro atoms. The topological polar surface area (TPSA) is 57.2 Å². The van der Waals surface area contributed by atoms with Gasteiger partial charge in [-0.25, -0.2) is 0 Å². The van der Waals surface area contributed by atoms with Gasteiger partial charge >= 0.3 is 5.97 Å². The molecular formula is C21H43IN4O2. The predicted octanol–water partition coefficient (Wildman–Crippen LogP) is 3.89. The number of aliphatic imine (C=N–C) groups is 1. The molecule has 0 saturated carbocycles. The number of hydrogen-bond donors (Lipinski definition) is 1. The van der Waals surface area contributed by atoms with Crippen LogP contribution in [0.15, 0.2) is 4.99 Å². The van der Waals surface area contributed by atoms with Gasteiger partial charge in [-0.3, -0.25) is 14.7 Å². The number of unbranched alkanes of at least 4 members (excludes halogenated alkanes) is 3. The number of nitrogens with zero attached hydrogens (tertiary/aromatic N) is 3. The number of ether oxygens (including phenoxy) is 1. The average molecular weight is 511 g/mol. The van der Waals surface area contributed by atoms with E-state index in [2.05, 4.69) is 34.0 Å². The van der Waals surface area contributed by atoms with Crippen LogP contribution < -0.4 is 5.32 Å². The van der Waals surface area contributed by atoms with Crippen LogP contribution in [0.25, 0.3) is 0 Å². The van der Waals surface area contributed by atoms with Crippen LogP contribution in [0.5, 0.6) is 0 Å². The number of carbonyl (C=O) groups is 1. The maximum absolute atomic E-state index is 11.7. The fourth-order valence-corrected chi connectivity index (χ4v) is 3.65. The summed E-state index contributed by atoms with van der Waals surface area (Å²) < 4.78 is 5.33. The summed E-state index contributed by atoms with van der Waals surface area (Å²) in [6.45, 7) is 15.5. The third kappa shape index (κ3) is 10.8. The van der Waals surface area contributed by atoms with Gasteiger partial charge in [0.25, 0.3) is 0 Å². The van der Waals surface area contributed by atoms with E-state index in [0.717, 1.165) is 64.4 Å². The minimum atomic E-state index is -0.378. The molecule has 0 aromatic rings. The van der Waals surface area contributed by atoms with E-state index in [9.17, 15) is 4.79 Å². The molecule has 1 atom stereocenters. The van der Waals surface area contributed by atoms with Gasteiger partial charge in [-0.15, -0.1) is 24.0 Å². The fraction of sp³-hybridized carbons (Fsp3) is 0.905. The summed E-state index contributed by atoms with van der Waals surface area (Å²) >= 11 is 0.